The zero-order valence-corrected chi connectivity index (χ0v) is 21.1. The average molecular weight is 533 g/mol. The number of ether oxygens (including phenoxy) is 1. The van der Waals surface area contributed by atoms with Gasteiger partial charge in [-0.3, -0.25) is 4.57 Å². The minimum atomic E-state index is -1.47. The van der Waals surface area contributed by atoms with Gasteiger partial charge in [-0.05, 0) is 31.0 Å². The summed E-state index contributed by atoms with van der Waals surface area (Å²) in [5.41, 5.74) is 3.54. The second-order valence-corrected chi connectivity index (χ2v) is 10.1. The number of para-hydroxylation sites is 1. The van der Waals surface area contributed by atoms with Gasteiger partial charge in [0.15, 0.2) is 28.4 Å². The van der Waals surface area contributed by atoms with Crippen molar-refractivity contribution in [2.45, 2.75) is 36.4 Å². The second-order valence-electron chi connectivity index (χ2n) is 9.11. The van der Waals surface area contributed by atoms with Crippen LogP contribution in [-0.4, -0.2) is 32.5 Å². The number of benzene rings is 3. The molecule has 1 atom stereocenters. The SMILES string of the molecule is Fc1ccc(CSc2nnc(-c3cc(-c4ccccc4)nc4ccccc34)n2C[C@H]2CCCO2)c(F)c1F. The molecule has 1 aliphatic rings. The lowest BCUT2D eigenvalue weighted by Gasteiger charge is -2.16. The Labute approximate surface area is 221 Å². The van der Waals surface area contributed by atoms with E-state index in [1.807, 2.05) is 65.2 Å². The standard InChI is InChI=1S/C29H23F3N4OS/c30-23-13-12-19(26(31)27(23)32)17-38-29-35-34-28(36(29)16-20-9-6-14-37-20)22-15-25(18-7-2-1-3-8-18)33-24-11-5-4-10-21(22)24/h1-5,7-8,10-13,15,20H,6,9,14,16-17H2/t20-/m1/s1. The smallest absolute Gasteiger partial charge is 0.194 e. The first-order valence-corrected chi connectivity index (χ1v) is 13.3. The maximum Gasteiger partial charge on any atom is 0.194 e. The van der Waals surface area contributed by atoms with E-state index in [9.17, 15) is 13.2 Å². The van der Waals surface area contributed by atoms with Crippen LogP contribution in [0, 0.1) is 17.5 Å². The zero-order chi connectivity index (χ0) is 26.1. The molecule has 6 rings (SSSR count). The lowest BCUT2D eigenvalue weighted by molar-refractivity contribution is 0.0953. The van der Waals surface area contributed by atoms with Crippen molar-refractivity contribution in [2.24, 2.45) is 0 Å². The van der Waals surface area contributed by atoms with Crippen LogP contribution in [0.15, 0.2) is 78.0 Å². The first-order valence-electron chi connectivity index (χ1n) is 12.3. The molecule has 3 aromatic carbocycles. The van der Waals surface area contributed by atoms with Crippen molar-refractivity contribution in [3.05, 3.63) is 95.8 Å². The van der Waals surface area contributed by atoms with Crippen molar-refractivity contribution < 1.29 is 17.9 Å². The van der Waals surface area contributed by atoms with Crippen molar-refractivity contribution in [1.29, 1.82) is 0 Å². The molecule has 0 radical (unpaired) electrons. The third-order valence-corrected chi connectivity index (χ3v) is 7.64. The Morgan fingerprint density at radius 1 is 0.921 bits per heavy atom. The summed E-state index contributed by atoms with van der Waals surface area (Å²) in [5.74, 6) is -3.15. The Hall–Kier alpha value is -3.69. The van der Waals surface area contributed by atoms with E-state index in [4.69, 9.17) is 9.72 Å². The van der Waals surface area contributed by atoms with E-state index in [0.29, 0.717) is 24.1 Å². The van der Waals surface area contributed by atoms with Gasteiger partial charge >= 0.3 is 0 Å². The quantitative estimate of drug-likeness (QED) is 0.166. The fraction of sp³-hybridized carbons (Fsp3) is 0.207. The highest BCUT2D eigenvalue weighted by molar-refractivity contribution is 7.98. The molecule has 5 nitrogen and oxygen atoms in total. The third-order valence-electron chi connectivity index (χ3n) is 6.63. The number of nitrogens with zero attached hydrogens (tertiary/aromatic N) is 4. The highest BCUT2D eigenvalue weighted by Crippen LogP contribution is 2.35. The Kier molecular flexibility index (Phi) is 6.86. The molecule has 0 N–H and O–H groups in total. The van der Waals surface area contributed by atoms with Crippen molar-refractivity contribution >= 4 is 22.7 Å². The maximum absolute atomic E-state index is 14.3. The molecule has 0 aliphatic carbocycles. The largest absolute Gasteiger partial charge is 0.376 e. The van der Waals surface area contributed by atoms with E-state index in [1.54, 1.807) is 0 Å². The van der Waals surface area contributed by atoms with Gasteiger partial charge in [-0.15, -0.1) is 10.2 Å². The predicted molar refractivity (Wildman–Crippen MR) is 141 cm³/mol. The van der Waals surface area contributed by atoms with Crippen LogP contribution >= 0.6 is 11.8 Å². The first-order chi connectivity index (χ1) is 18.6. The van der Waals surface area contributed by atoms with Gasteiger partial charge in [0.05, 0.1) is 23.9 Å². The molecule has 38 heavy (non-hydrogen) atoms. The van der Waals surface area contributed by atoms with Gasteiger partial charge < -0.3 is 4.74 Å². The second kappa shape index (κ2) is 10.6. The average Bonchev–Trinajstić information content (AvgIpc) is 3.62. The van der Waals surface area contributed by atoms with Gasteiger partial charge in [0.1, 0.15) is 0 Å². The van der Waals surface area contributed by atoms with Gasteiger partial charge in [-0.1, -0.05) is 66.4 Å². The minimum Gasteiger partial charge on any atom is -0.376 e. The fourth-order valence-corrected chi connectivity index (χ4v) is 5.61. The number of aromatic nitrogens is 4. The van der Waals surface area contributed by atoms with Crippen molar-refractivity contribution in [3.63, 3.8) is 0 Å². The molecule has 1 fully saturated rings. The number of hydrogen-bond acceptors (Lipinski definition) is 5. The summed E-state index contributed by atoms with van der Waals surface area (Å²) in [6.45, 7) is 1.21. The molecule has 0 amide bonds. The molecule has 0 saturated carbocycles. The highest BCUT2D eigenvalue weighted by atomic mass is 32.2. The maximum atomic E-state index is 14.3. The normalized spacial score (nSPS) is 15.4. The molecule has 1 saturated heterocycles. The van der Waals surface area contributed by atoms with Crippen LogP contribution in [0.1, 0.15) is 18.4 Å². The number of fused-ring (bicyclic) bond motifs is 1. The van der Waals surface area contributed by atoms with Crippen molar-refractivity contribution in [2.75, 3.05) is 6.61 Å². The Balaban J connectivity index is 1.44. The van der Waals surface area contributed by atoms with Crippen LogP contribution in [-0.2, 0) is 17.0 Å². The van der Waals surface area contributed by atoms with Crippen LogP contribution in [0.25, 0.3) is 33.5 Å². The van der Waals surface area contributed by atoms with E-state index < -0.39 is 17.5 Å². The third kappa shape index (κ3) is 4.79. The summed E-state index contributed by atoms with van der Waals surface area (Å²) in [6.07, 6.45) is 1.87. The number of pyridine rings is 1. The number of halogens is 3. The number of rotatable bonds is 7. The van der Waals surface area contributed by atoms with Gasteiger partial charge in [0.25, 0.3) is 0 Å². The molecule has 9 heteroatoms. The Morgan fingerprint density at radius 3 is 2.55 bits per heavy atom. The number of thioether (sulfide) groups is 1. The molecule has 0 bridgehead atoms. The fourth-order valence-electron chi connectivity index (χ4n) is 4.69. The summed E-state index contributed by atoms with van der Waals surface area (Å²) in [6, 6.07) is 22.0. The molecule has 2 aromatic heterocycles. The summed E-state index contributed by atoms with van der Waals surface area (Å²) >= 11 is 1.22. The molecule has 192 valence electrons. The number of hydrogen-bond donors (Lipinski definition) is 0. The predicted octanol–water partition coefficient (Wildman–Crippen LogP) is 7.05. The molecule has 0 spiro atoms. The molecule has 0 unspecified atom stereocenters. The summed E-state index contributed by atoms with van der Waals surface area (Å²) in [5, 5.41) is 10.5. The monoisotopic (exact) mass is 532 g/mol. The Morgan fingerprint density at radius 2 is 1.74 bits per heavy atom. The summed E-state index contributed by atoms with van der Waals surface area (Å²) < 4.78 is 49.5. The molecule has 1 aliphatic heterocycles. The minimum absolute atomic E-state index is 0.00852. The van der Waals surface area contributed by atoms with E-state index in [0.717, 1.165) is 46.6 Å². The molecular weight excluding hydrogens is 509 g/mol. The van der Waals surface area contributed by atoms with Crippen LogP contribution < -0.4 is 0 Å². The van der Waals surface area contributed by atoms with Crippen molar-refractivity contribution in [3.8, 4) is 22.6 Å². The molecular formula is C29H23F3N4OS. The van der Waals surface area contributed by atoms with Crippen molar-refractivity contribution in [1.82, 2.24) is 19.7 Å². The van der Waals surface area contributed by atoms with Gasteiger partial charge in [-0.2, -0.15) is 0 Å². The van der Waals surface area contributed by atoms with E-state index in [-0.39, 0.29) is 17.4 Å². The first kappa shape index (κ1) is 24.6. The van der Waals surface area contributed by atoms with Crippen LogP contribution in [0.3, 0.4) is 0 Å². The van der Waals surface area contributed by atoms with E-state index in [2.05, 4.69) is 10.2 Å². The van der Waals surface area contributed by atoms with E-state index >= 15 is 0 Å². The summed E-state index contributed by atoms with van der Waals surface area (Å²) in [4.78, 5) is 4.88. The topological polar surface area (TPSA) is 52.8 Å². The zero-order valence-electron chi connectivity index (χ0n) is 20.3. The lowest BCUT2D eigenvalue weighted by Crippen LogP contribution is -2.17. The van der Waals surface area contributed by atoms with Gasteiger partial charge in [-0.25, -0.2) is 18.2 Å². The highest BCUT2D eigenvalue weighted by Gasteiger charge is 2.24. The van der Waals surface area contributed by atoms with Gasteiger partial charge in [0, 0.05) is 34.4 Å². The Bertz CT molecular complexity index is 1600. The molecule has 5 aromatic rings. The van der Waals surface area contributed by atoms with Crippen LogP contribution in [0.4, 0.5) is 13.2 Å². The van der Waals surface area contributed by atoms with Crippen LogP contribution in [0.2, 0.25) is 0 Å². The van der Waals surface area contributed by atoms with E-state index in [1.165, 1.54) is 17.8 Å². The summed E-state index contributed by atoms with van der Waals surface area (Å²) in [7, 11) is 0. The van der Waals surface area contributed by atoms with Crippen LogP contribution in [0.5, 0.6) is 0 Å². The molecule has 3 heterocycles. The van der Waals surface area contributed by atoms with Gasteiger partial charge in [0.2, 0.25) is 0 Å². The lowest BCUT2D eigenvalue weighted by atomic mass is 10.0.